The molecule has 4 nitrogen and oxygen atoms in total. The van der Waals surface area contributed by atoms with Gasteiger partial charge in [-0.1, -0.05) is 0 Å². The lowest BCUT2D eigenvalue weighted by Gasteiger charge is -2.32. The van der Waals surface area contributed by atoms with Gasteiger partial charge in [0.1, 0.15) is 5.60 Å². The smallest absolute Gasteiger partial charge is 0.410 e. The Bertz CT molecular complexity index is 259. The molecule has 2 saturated heterocycles. The van der Waals surface area contributed by atoms with Gasteiger partial charge >= 0.3 is 6.09 Å². The molecular formula is C10H17NO3. The summed E-state index contributed by atoms with van der Waals surface area (Å²) in [6.07, 6.45) is 0.324. The van der Waals surface area contributed by atoms with Crippen molar-refractivity contribution in [2.45, 2.75) is 44.9 Å². The average molecular weight is 199 g/mol. The summed E-state index contributed by atoms with van der Waals surface area (Å²) in [5.74, 6) is 0.285. The molecule has 1 unspecified atom stereocenters. The fraction of sp³-hybridized carbons (Fsp3) is 0.900. The van der Waals surface area contributed by atoms with E-state index in [2.05, 4.69) is 0 Å². The minimum Gasteiger partial charge on any atom is -0.444 e. The Morgan fingerprint density at radius 2 is 2.14 bits per heavy atom. The Morgan fingerprint density at radius 3 is 2.50 bits per heavy atom. The Balaban J connectivity index is 1.94. The van der Waals surface area contributed by atoms with Crippen molar-refractivity contribution >= 4 is 6.09 Å². The van der Waals surface area contributed by atoms with Crippen molar-refractivity contribution in [1.82, 2.24) is 4.90 Å². The molecule has 3 rings (SSSR count). The fourth-order valence-electron chi connectivity index (χ4n) is 2.12. The first-order chi connectivity index (χ1) is 6.38. The van der Waals surface area contributed by atoms with Crippen LogP contribution in [0.5, 0.6) is 0 Å². The zero-order chi connectivity index (χ0) is 10.5. The molecule has 3 atom stereocenters. The monoisotopic (exact) mass is 199 g/mol. The summed E-state index contributed by atoms with van der Waals surface area (Å²) in [5.41, 5.74) is -0.449. The molecule has 2 aliphatic heterocycles. The van der Waals surface area contributed by atoms with Crippen LogP contribution < -0.4 is 0 Å². The van der Waals surface area contributed by atoms with Gasteiger partial charge in [0.15, 0.2) is 0 Å². The van der Waals surface area contributed by atoms with E-state index in [0.29, 0.717) is 6.54 Å². The molecule has 1 N–H and O–H groups in total. The third-order valence-electron chi connectivity index (χ3n) is 2.88. The first-order valence-electron chi connectivity index (χ1n) is 5.06. The summed E-state index contributed by atoms with van der Waals surface area (Å²) < 4.78 is 5.24. The minimum absolute atomic E-state index is 0.00912. The van der Waals surface area contributed by atoms with Gasteiger partial charge < -0.3 is 14.7 Å². The number of amides is 1. The van der Waals surface area contributed by atoms with Crippen LogP contribution in [-0.2, 0) is 4.74 Å². The quantitative estimate of drug-likeness (QED) is 0.633. The maximum atomic E-state index is 11.6. The molecule has 1 aliphatic carbocycles. The van der Waals surface area contributed by atoms with Crippen LogP contribution in [0.3, 0.4) is 0 Å². The van der Waals surface area contributed by atoms with E-state index in [4.69, 9.17) is 4.74 Å². The number of hydrogen-bond acceptors (Lipinski definition) is 3. The molecule has 4 heteroatoms. The molecule has 0 radical (unpaired) electrons. The second-order valence-corrected chi connectivity index (χ2v) is 5.19. The van der Waals surface area contributed by atoms with E-state index < -0.39 is 5.60 Å². The summed E-state index contributed by atoms with van der Waals surface area (Å²) in [6.45, 7) is 6.20. The van der Waals surface area contributed by atoms with E-state index in [1.54, 1.807) is 4.90 Å². The lowest BCUT2D eigenvalue weighted by atomic mass is 9.83. The van der Waals surface area contributed by atoms with Crippen LogP contribution in [-0.4, -0.2) is 40.4 Å². The summed E-state index contributed by atoms with van der Waals surface area (Å²) in [6, 6.07) is 0.00912. The molecular weight excluding hydrogens is 182 g/mol. The van der Waals surface area contributed by atoms with Crippen LogP contribution in [0.1, 0.15) is 27.2 Å². The fourth-order valence-corrected chi connectivity index (χ4v) is 2.12. The van der Waals surface area contributed by atoms with Crippen LogP contribution in [0.15, 0.2) is 0 Å². The molecule has 2 bridgehead atoms. The van der Waals surface area contributed by atoms with Crippen molar-refractivity contribution in [2.24, 2.45) is 5.92 Å². The Labute approximate surface area is 83.8 Å². The van der Waals surface area contributed by atoms with E-state index in [9.17, 15) is 9.90 Å². The van der Waals surface area contributed by atoms with E-state index in [1.807, 2.05) is 20.8 Å². The third kappa shape index (κ3) is 1.47. The summed E-state index contributed by atoms with van der Waals surface area (Å²) in [4.78, 5) is 13.3. The highest BCUT2D eigenvalue weighted by atomic mass is 16.6. The number of fused-ring (bicyclic) bond motifs is 1. The summed E-state index contributed by atoms with van der Waals surface area (Å²) >= 11 is 0. The zero-order valence-electron chi connectivity index (χ0n) is 8.86. The van der Waals surface area contributed by atoms with Crippen LogP contribution in [0, 0.1) is 5.92 Å². The predicted octanol–water partition coefficient (Wildman–Crippen LogP) is 0.986. The number of rotatable bonds is 0. The largest absolute Gasteiger partial charge is 0.444 e. The molecule has 0 aromatic carbocycles. The Hall–Kier alpha value is -0.770. The molecule has 0 aromatic rings. The zero-order valence-corrected chi connectivity index (χ0v) is 8.86. The number of nitrogens with zero attached hydrogens (tertiary/aromatic N) is 1. The van der Waals surface area contributed by atoms with Gasteiger partial charge in [-0.3, -0.25) is 0 Å². The molecule has 80 valence electrons. The van der Waals surface area contributed by atoms with Gasteiger partial charge in [-0.15, -0.1) is 0 Å². The molecule has 2 heterocycles. The lowest BCUT2D eigenvalue weighted by Crippen LogP contribution is -2.46. The van der Waals surface area contributed by atoms with Gasteiger partial charge in [-0.2, -0.15) is 0 Å². The SMILES string of the molecule is CC(C)(C)OC(=O)N1C[C@@H]2C[C@H]1C2O. The summed E-state index contributed by atoms with van der Waals surface area (Å²) in [7, 11) is 0. The molecule has 0 aromatic heterocycles. The third-order valence-corrected chi connectivity index (χ3v) is 2.88. The number of hydrogen-bond donors (Lipinski definition) is 1. The topological polar surface area (TPSA) is 49.8 Å². The van der Waals surface area contributed by atoms with Crippen molar-refractivity contribution in [3.8, 4) is 0 Å². The van der Waals surface area contributed by atoms with Gasteiger partial charge in [0.2, 0.25) is 0 Å². The van der Waals surface area contributed by atoms with E-state index >= 15 is 0 Å². The van der Waals surface area contributed by atoms with Gasteiger partial charge in [-0.05, 0) is 27.2 Å². The van der Waals surface area contributed by atoms with Crippen LogP contribution in [0.2, 0.25) is 0 Å². The normalized spacial score (nSPS) is 35.4. The van der Waals surface area contributed by atoms with Gasteiger partial charge in [0.05, 0.1) is 12.1 Å². The average Bonchev–Trinajstić information content (AvgIpc) is 2.55. The predicted molar refractivity (Wildman–Crippen MR) is 50.8 cm³/mol. The first kappa shape index (κ1) is 9.77. The van der Waals surface area contributed by atoms with Crippen molar-refractivity contribution < 1.29 is 14.6 Å². The van der Waals surface area contributed by atoms with Gasteiger partial charge in [0.25, 0.3) is 0 Å². The van der Waals surface area contributed by atoms with E-state index in [-0.39, 0.29) is 24.2 Å². The second-order valence-electron chi connectivity index (χ2n) is 5.19. The van der Waals surface area contributed by atoms with Crippen LogP contribution in [0.25, 0.3) is 0 Å². The Morgan fingerprint density at radius 1 is 1.50 bits per heavy atom. The second kappa shape index (κ2) is 2.86. The number of carbonyl (C=O) groups excluding carboxylic acids is 1. The standard InChI is InChI=1S/C10H17NO3/c1-10(2,3)14-9(13)11-5-6-4-7(11)8(6)12/h6-8,12H,4-5H2,1-3H3/t6-,7-,8?/m0/s1. The molecule has 1 amide bonds. The molecule has 3 aliphatic rings. The van der Waals surface area contributed by atoms with E-state index in [1.165, 1.54) is 0 Å². The summed E-state index contributed by atoms with van der Waals surface area (Å²) in [5, 5.41) is 9.52. The van der Waals surface area contributed by atoms with Crippen molar-refractivity contribution in [3.05, 3.63) is 0 Å². The number of aliphatic hydroxyl groups is 1. The highest BCUT2D eigenvalue weighted by molar-refractivity contribution is 5.69. The van der Waals surface area contributed by atoms with Crippen molar-refractivity contribution in [1.29, 1.82) is 0 Å². The van der Waals surface area contributed by atoms with Gasteiger partial charge in [0, 0.05) is 12.5 Å². The highest BCUT2D eigenvalue weighted by Gasteiger charge is 2.53. The maximum absolute atomic E-state index is 11.6. The maximum Gasteiger partial charge on any atom is 0.410 e. The van der Waals surface area contributed by atoms with Crippen molar-refractivity contribution in [3.63, 3.8) is 0 Å². The van der Waals surface area contributed by atoms with Gasteiger partial charge in [-0.25, -0.2) is 4.79 Å². The number of carbonyl (C=O) groups is 1. The molecule has 1 saturated carbocycles. The highest BCUT2D eigenvalue weighted by Crippen LogP contribution is 2.41. The molecule has 3 fully saturated rings. The van der Waals surface area contributed by atoms with Crippen molar-refractivity contribution in [2.75, 3.05) is 6.54 Å². The Kier molecular flexibility index (Phi) is 2.00. The number of aliphatic hydroxyl groups excluding tert-OH is 1. The van der Waals surface area contributed by atoms with E-state index in [0.717, 1.165) is 6.42 Å². The minimum atomic E-state index is -0.449. The molecule has 14 heavy (non-hydrogen) atoms. The lowest BCUT2D eigenvalue weighted by molar-refractivity contribution is -0.00231. The van der Waals surface area contributed by atoms with Crippen LogP contribution in [0.4, 0.5) is 4.79 Å². The molecule has 0 spiro atoms. The first-order valence-corrected chi connectivity index (χ1v) is 5.06. The number of ether oxygens (including phenoxy) is 1. The van der Waals surface area contributed by atoms with Crippen LogP contribution >= 0.6 is 0 Å².